The minimum absolute atomic E-state index is 0.0206. The van der Waals surface area contributed by atoms with Crippen LogP contribution in [0.1, 0.15) is 18.4 Å². The molecule has 23 heavy (non-hydrogen) atoms. The normalized spacial score (nSPS) is 16.3. The van der Waals surface area contributed by atoms with E-state index in [0.29, 0.717) is 22.2 Å². The Morgan fingerprint density at radius 3 is 2.87 bits per heavy atom. The number of carboxylic acid groups (broad SMARTS) is 1. The van der Waals surface area contributed by atoms with Gasteiger partial charge in [-0.05, 0) is 52.8 Å². The molecule has 2 rings (SSSR count). The summed E-state index contributed by atoms with van der Waals surface area (Å²) in [5.74, 6) is -0.265. The Morgan fingerprint density at radius 2 is 2.26 bits per heavy atom. The third kappa shape index (κ3) is 4.67. The maximum Gasteiger partial charge on any atom is 0.303 e. The van der Waals surface area contributed by atoms with Crippen LogP contribution in [0, 0.1) is 3.57 Å². The Morgan fingerprint density at radius 1 is 1.52 bits per heavy atom. The number of nitrogens with zero attached hydrogens (tertiary/aromatic N) is 1. The maximum atomic E-state index is 12.4. The molecule has 1 saturated heterocycles. The molecule has 0 aliphatic carbocycles. The van der Waals surface area contributed by atoms with Crippen LogP contribution in [0.4, 0.5) is 0 Å². The van der Waals surface area contributed by atoms with Crippen molar-refractivity contribution in [3.05, 3.63) is 32.2 Å². The molecular formula is C15H14INO4S2. The van der Waals surface area contributed by atoms with E-state index in [9.17, 15) is 9.59 Å². The molecule has 0 saturated carbocycles. The number of carbonyl (C=O) groups excluding carboxylic acids is 1. The molecule has 8 heteroatoms. The highest BCUT2D eigenvalue weighted by atomic mass is 127. The van der Waals surface area contributed by atoms with Crippen molar-refractivity contribution >= 4 is 68.8 Å². The van der Waals surface area contributed by atoms with E-state index in [4.69, 9.17) is 22.1 Å². The fraction of sp³-hybridized carbons (Fsp3) is 0.267. The second-order valence-electron chi connectivity index (χ2n) is 4.72. The summed E-state index contributed by atoms with van der Waals surface area (Å²) in [7, 11) is 1.61. The number of carboxylic acids is 1. The molecule has 1 aromatic rings. The molecule has 1 N–H and O–H groups in total. The lowest BCUT2D eigenvalue weighted by atomic mass is 10.2. The predicted octanol–water partition coefficient (Wildman–Crippen LogP) is 3.37. The Kier molecular flexibility index (Phi) is 6.42. The van der Waals surface area contributed by atoms with Gasteiger partial charge in [0.25, 0.3) is 5.91 Å². The summed E-state index contributed by atoms with van der Waals surface area (Å²) in [5, 5.41) is 8.67. The minimum Gasteiger partial charge on any atom is -0.496 e. The number of halogens is 1. The number of amides is 1. The molecule has 1 aliphatic rings. The molecule has 1 aliphatic heterocycles. The second kappa shape index (κ2) is 8.11. The summed E-state index contributed by atoms with van der Waals surface area (Å²) in [4.78, 5) is 25.0. The lowest BCUT2D eigenvalue weighted by Gasteiger charge is -2.13. The number of ether oxygens (including phenoxy) is 1. The van der Waals surface area contributed by atoms with Gasteiger partial charge in [-0.2, -0.15) is 0 Å². The van der Waals surface area contributed by atoms with Gasteiger partial charge >= 0.3 is 5.97 Å². The largest absolute Gasteiger partial charge is 0.496 e. The number of hydrogen-bond acceptors (Lipinski definition) is 5. The van der Waals surface area contributed by atoms with Crippen LogP contribution < -0.4 is 4.74 Å². The summed E-state index contributed by atoms with van der Waals surface area (Å²) in [6, 6.07) is 5.65. The van der Waals surface area contributed by atoms with Gasteiger partial charge in [-0.3, -0.25) is 14.5 Å². The molecule has 0 unspecified atom stereocenters. The van der Waals surface area contributed by atoms with Crippen LogP contribution in [0.2, 0.25) is 0 Å². The first kappa shape index (κ1) is 18.2. The molecule has 0 bridgehead atoms. The number of thioether (sulfide) groups is 1. The van der Waals surface area contributed by atoms with E-state index in [1.54, 1.807) is 13.2 Å². The van der Waals surface area contributed by atoms with Gasteiger partial charge in [-0.25, -0.2) is 0 Å². The number of benzene rings is 1. The highest BCUT2D eigenvalue weighted by Crippen LogP contribution is 2.33. The van der Waals surface area contributed by atoms with Gasteiger partial charge in [0, 0.05) is 13.0 Å². The van der Waals surface area contributed by atoms with Gasteiger partial charge in [0.1, 0.15) is 10.1 Å². The standard InChI is InChI=1S/C15H14INO4S2/c1-21-11-5-4-9(7-10(11)16)8-12-14(20)17(15(22)23-12)6-2-3-13(18)19/h4-5,7-8H,2-3,6H2,1H3,(H,18,19). The Labute approximate surface area is 157 Å². The van der Waals surface area contributed by atoms with Crippen LogP contribution in [0.3, 0.4) is 0 Å². The minimum atomic E-state index is -0.876. The first-order chi connectivity index (χ1) is 10.9. The van der Waals surface area contributed by atoms with E-state index >= 15 is 0 Å². The van der Waals surface area contributed by atoms with E-state index in [1.165, 1.54) is 16.7 Å². The Bertz CT molecular complexity index is 690. The summed E-state index contributed by atoms with van der Waals surface area (Å²) in [6.07, 6.45) is 2.19. The summed E-state index contributed by atoms with van der Waals surface area (Å²) >= 11 is 8.63. The number of hydrogen-bond donors (Lipinski definition) is 1. The Hall–Kier alpha value is -1.13. The van der Waals surface area contributed by atoms with Crippen LogP contribution >= 0.6 is 46.6 Å². The van der Waals surface area contributed by atoms with Gasteiger partial charge in [0.2, 0.25) is 0 Å². The smallest absolute Gasteiger partial charge is 0.303 e. The van der Waals surface area contributed by atoms with Gasteiger partial charge < -0.3 is 9.84 Å². The van der Waals surface area contributed by atoms with Gasteiger partial charge in [0.05, 0.1) is 15.6 Å². The van der Waals surface area contributed by atoms with Crippen LogP contribution in [-0.4, -0.2) is 39.9 Å². The summed E-state index contributed by atoms with van der Waals surface area (Å²) in [5.41, 5.74) is 0.890. The number of thiocarbonyl (C=S) groups is 1. The van der Waals surface area contributed by atoms with E-state index < -0.39 is 5.97 Å². The Balaban J connectivity index is 2.11. The topological polar surface area (TPSA) is 66.8 Å². The van der Waals surface area contributed by atoms with Crippen molar-refractivity contribution < 1.29 is 19.4 Å². The van der Waals surface area contributed by atoms with Crippen molar-refractivity contribution in [3.8, 4) is 5.75 Å². The lowest BCUT2D eigenvalue weighted by Crippen LogP contribution is -2.29. The predicted molar refractivity (Wildman–Crippen MR) is 102 cm³/mol. The summed E-state index contributed by atoms with van der Waals surface area (Å²) in [6.45, 7) is 0.328. The number of rotatable bonds is 6. The fourth-order valence-electron chi connectivity index (χ4n) is 2.00. The van der Waals surface area contributed by atoms with E-state index in [2.05, 4.69) is 22.6 Å². The molecule has 1 amide bonds. The zero-order chi connectivity index (χ0) is 17.0. The SMILES string of the molecule is COc1ccc(C=C2SC(=S)N(CCCC(=O)O)C2=O)cc1I. The van der Waals surface area contributed by atoms with Gasteiger partial charge in [-0.1, -0.05) is 30.0 Å². The molecule has 1 fully saturated rings. The molecule has 122 valence electrons. The first-order valence-corrected chi connectivity index (χ1v) is 9.03. The highest BCUT2D eigenvalue weighted by Gasteiger charge is 2.31. The second-order valence-corrected chi connectivity index (χ2v) is 7.56. The third-order valence-electron chi connectivity index (χ3n) is 3.12. The highest BCUT2D eigenvalue weighted by molar-refractivity contribution is 14.1. The molecular weight excluding hydrogens is 449 g/mol. The lowest BCUT2D eigenvalue weighted by molar-refractivity contribution is -0.137. The maximum absolute atomic E-state index is 12.4. The monoisotopic (exact) mass is 463 g/mol. The van der Waals surface area contributed by atoms with Crippen LogP contribution in [0.15, 0.2) is 23.1 Å². The molecule has 0 radical (unpaired) electrons. The van der Waals surface area contributed by atoms with Gasteiger partial charge in [-0.15, -0.1) is 0 Å². The van der Waals surface area contributed by atoms with Gasteiger partial charge in [0.15, 0.2) is 0 Å². The van der Waals surface area contributed by atoms with E-state index in [0.717, 1.165) is 14.9 Å². The first-order valence-electron chi connectivity index (χ1n) is 6.73. The molecule has 1 aromatic carbocycles. The van der Waals surface area contributed by atoms with Crippen LogP contribution in [0.25, 0.3) is 6.08 Å². The zero-order valence-corrected chi connectivity index (χ0v) is 16.0. The van der Waals surface area contributed by atoms with Crippen molar-refractivity contribution in [1.29, 1.82) is 0 Å². The molecule has 0 aromatic heterocycles. The average Bonchev–Trinajstić information content (AvgIpc) is 2.74. The van der Waals surface area contributed by atoms with Crippen molar-refractivity contribution in [3.63, 3.8) is 0 Å². The molecule has 1 heterocycles. The molecule has 5 nitrogen and oxygen atoms in total. The van der Waals surface area contributed by atoms with Crippen LogP contribution in [-0.2, 0) is 9.59 Å². The van der Waals surface area contributed by atoms with Crippen molar-refractivity contribution in [2.24, 2.45) is 0 Å². The van der Waals surface area contributed by atoms with Crippen molar-refractivity contribution in [1.82, 2.24) is 4.90 Å². The third-order valence-corrected chi connectivity index (χ3v) is 5.34. The molecule has 0 spiro atoms. The van der Waals surface area contributed by atoms with E-state index in [-0.39, 0.29) is 12.3 Å². The van der Waals surface area contributed by atoms with Crippen LogP contribution in [0.5, 0.6) is 5.75 Å². The van der Waals surface area contributed by atoms with Crippen molar-refractivity contribution in [2.45, 2.75) is 12.8 Å². The zero-order valence-electron chi connectivity index (χ0n) is 12.2. The number of carbonyl (C=O) groups is 2. The molecule has 0 atom stereocenters. The number of methoxy groups -OCH3 is 1. The summed E-state index contributed by atoms with van der Waals surface area (Å²) < 4.78 is 6.63. The van der Waals surface area contributed by atoms with Crippen molar-refractivity contribution in [2.75, 3.05) is 13.7 Å². The fourth-order valence-corrected chi connectivity index (χ4v) is 4.07. The number of aliphatic carboxylic acids is 1. The quantitative estimate of drug-likeness (QED) is 0.397. The average molecular weight is 463 g/mol. The van der Waals surface area contributed by atoms with E-state index in [1.807, 2.05) is 18.2 Å².